The molecule has 1 aromatic rings. The van der Waals surface area contributed by atoms with Gasteiger partial charge in [-0.05, 0) is 30.4 Å². The number of carbonyl (C=O) groups excluding carboxylic acids is 1. The van der Waals surface area contributed by atoms with Crippen molar-refractivity contribution >= 4 is 52.7 Å². The number of halogens is 1. The van der Waals surface area contributed by atoms with E-state index in [1.807, 2.05) is 24.6 Å². The molecule has 0 heterocycles. The third kappa shape index (κ3) is 3.37. The van der Waals surface area contributed by atoms with Crippen LogP contribution in [0.3, 0.4) is 0 Å². The van der Waals surface area contributed by atoms with Gasteiger partial charge in [-0.1, -0.05) is 30.7 Å². The van der Waals surface area contributed by atoms with Crippen LogP contribution in [0.4, 0.5) is 0 Å². The maximum absolute atomic E-state index is 12.6. The van der Waals surface area contributed by atoms with Crippen molar-refractivity contribution in [2.45, 2.75) is 10.3 Å². The molecule has 0 aromatic heterocycles. The molecule has 0 fully saturated rings. The van der Waals surface area contributed by atoms with E-state index in [0.29, 0.717) is 10.6 Å². The van der Waals surface area contributed by atoms with Crippen LogP contribution in [0.1, 0.15) is 17.3 Å². The van der Waals surface area contributed by atoms with E-state index >= 15 is 0 Å². The van der Waals surface area contributed by atoms with Crippen LogP contribution in [0.25, 0.3) is 0 Å². The van der Waals surface area contributed by atoms with Crippen LogP contribution in [0.2, 0.25) is 5.02 Å². The summed E-state index contributed by atoms with van der Waals surface area (Å²) < 4.78 is -0.486. The molecule has 5 heteroatoms. The van der Waals surface area contributed by atoms with Gasteiger partial charge >= 0.3 is 0 Å². The number of Topliss-reactive ketones (excluding diaryl/α,β-unsaturated/α-hetero) is 1. The van der Waals surface area contributed by atoms with Gasteiger partial charge < -0.3 is 0 Å². The zero-order chi connectivity index (χ0) is 12.9. The molecule has 0 atom stereocenters. The number of ketones is 1. The van der Waals surface area contributed by atoms with Gasteiger partial charge in [0, 0.05) is 5.56 Å². The van der Waals surface area contributed by atoms with Gasteiger partial charge in [-0.15, -0.1) is 35.3 Å². The van der Waals surface area contributed by atoms with Crippen molar-refractivity contribution in [3.63, 3.8) is 0 Å². The van der Waals surface area contributed by atoms with Crippen molar-refractivity contribution in [2.24, 2.45) is 0 Å². The van der Waals surface area contributed by atoms with E-state index in [1.54, 1.807) is 47.4 Å². The van der Waals surface area contributed by atoms with Gasteiger partial charge in [-0.25, -0.2) is 0 Å². The summed E-state index contributed by atoms with van der Waals surface area (Å²) in [6.45, 7) is 2.06. The zero-order valence-electron chi connectivity index (χ0n) is 10.0. The minimum Gasteiger partial charge on any atom is -0.291 e. The third-order valence-electron chi connectivity index (χ3n) is 2.27. The van der Waals surface area contributed by atoms with Gasteiger partial charge in [0.05, 0.1) is 5.02 Å². The molecule has 1 nitrogen and oxygen atoms in total. The molecule has 0 spiro atoms. The zero-order valence-corrected chi connectivity index (χ0v) is 13.2. The predicted octanol–water partition coefficient (Wildman–Crippen LogP) is 4.66. The van der Waals surface area contributed by atoms with Gasteiger partial charge in [0.2, 0.25) is 5.78 Å². The lowest BCUT2D eigenvalue weighted by atomic mass is 10.1. The first-order valence-electron chi connectivity index (χ1n) is 5.15. The first-order valence-corrected chi connectivity index (χ1v) is 8.96. The topological polar surface area (TPSA) is 17.1 Å². The smallest absolute Gasteiger partial charge is 0.200 e. The summed E-state index contributed by atoms with van der Waals surface area (Å²) in [6.07, 6.45) is 3.93. The molecule has 0 radical (unpaired) electrons. The van der Waals surface area contributed by atoms with E-state index in [0.717, 1.165) is 5.75 Å². The Hall–Kier alpha value is 0.230. The molecule has 0 N–H and O–H groups in total. The molecule has 0 saturated carbocycles. The van der Waals surface area contributed by atoms with Crippen LogP contribution >= 0.6 is 46.9 Å². The number of hydrogen-bond acceptors (Lipinski definition) is 4. The second-order valence-electron chi connectivity index (χ2n) is 3.21. The molecule has 0 bridgehead atoms. The largest absolute Gasteiger partial charge is 0.291 e. The fourth-order valence-electron chi connectivity index (χ4n) is 1.45. The van der Waals surface area contributed by atoms with E-state index < -0.39 is 3.41 Å². The normalized spacial score (nSPS) is 11.5. The summed E-state index contributed by atoms with van der Waals surface area (Å²) in [7, 11) is 0. The molecule has 0 saturated heterocycles. The van der Waals surface area contributed by atoms with E-state index in [2.05, 4.69) is 6.92 Å². The Morgan fingerprint density at radius 1 is 1.29 bits per heavy atom. The van der Waals surface area contributed by atoms with Crippen LogP contribution in [0.15, 0.2) is 24.3 Å². The van der Waals surface area contributed by atoms with Gasteiger partial charge in [0.25, 0.3) is 0 Å². The highest BCUT2D eigenvalue weighted by Crippen LogP contribution is 2.47. The number of carbonyl (C=O) groups is 1. The summed E-state index contributed by atoms with van der Waals surface area (Å²) in [5.74, 6) is 0.993. The Morgan fingerprint density at radius 2 is 1.88 bits per heavy atom. The molecule has 0 aliphatic rings. The molecule has 1 rings (SSSR count). The average molecular weight is 307 g/mol. The van der Waals surface area contributed by atoms with Gasteiger partial charge in [0.15, 0.2) is 3.41 Å². The maximum atomic E-state index is 12.6. The Labute approximate surface area is 120 Å². The van der Waals surface area contributed by atoms with Crippen molar-refractivity contribution in [1.29, 1.82) is 0 Å². The standard InChI is InChI=1S/C12H15ClOS3/c1-4-17-12(15-2,16-3)11(14)9-7-5-6-8-10(9)13/h5-8H,4H2,1-3H3. The monoisotopic (exact) mass is 306 g/mol. The van der Waals surface area contributed by atoms with Crippen LogP contribution in [0.5, 0.6) is 0 Å². The first-order chi connectivity index (χ1) is 8.11. The molecule has 0 unspecified atom stereocenters. The predicted molar refractivity (Wildman–Crippen MR) is 83.7 cm³/mol. The summed E-state index contributed by atoms with van der Waals surface area (Å²) in [4.78, 5) is 12.6. The molecule has 94 valence electrons. The third-order valence-corrected chi connectivity index (χ3v) is 7.60. The fourth-order valence-corrected chi connectivity index (χ4v) is 5.20. The second kappa shape index (κ2) is 6.98. The highest BCUT2D eigenvalue weighted by atomic mass is 35.5. The number of rotatable bonds is 6. The fraction of sp³-hybridized carbons (Fsp3) is 0.417. The summed E-state index contributed by atoms with van der Waals surface area (Å²) in [5.41, 5.74) is 0.610. The van der Waals surface area contributed by atoms with Crippen molar-refractivity contribution < 1.29 is 4.79 Å². The molecule has 0 aliphatic heterocycles. The van der Waals surface area contributed by atoms with E-state index in [4.69, 9.17) is 11.6 Å². The SMILES string of the molecule is CCSC(SC)(SC)C(=O)c1ccccc1Cl. The lowest BCUT2D eigenvalue weighted by molar-refractivity contribution is 0.100. The summed E-state index contributed by atoms with van der Waals surface area (Å²) >= 11 is 10.9. The van der Waals surface area contributed by atoms with E-state index in [-0.39, 0.29) is 5.78 Å². The molecular weight excluding hydrogens is 292 g/mol. The van der Waals surface area contributed by atoms with Crippen LogP contribution in [0, 0.1) is 0 Å². The van der Waals surface area contributed by atoms with E-state index in [9.17, 15) is 4.79 Å². The number of thioether (sulfide) groups is 3. The number of benzene rings is 1. The van der Waals surface area contributed by atoms with Gasteiger partial charge in [-0.2, -0.15) is 0 Å². The summed E-state index contributed by atoms with van der Waals surface area (Å²) in [6, 6.07) is 7.24. The second-order valence-corrected chi connectivity index (χ2v) is 7.91. The summed E-state index contributed by atoms with van der Waals surface area (Å²) in [5, 5.41) is 0.529. The maximum Gasteiger partial charge on any atom is 0.200 e. The quantitative estimate of drug-likeness (QED) is 0.561. The Balaban J connectivity index is 3.12. The molecule has 0 aliphatic carbocycles. The molecular formula is C12H15ClOS3. The number of hydrogen-bond donors (Lipinski definition) is 0. The Kier molecular flexibility index (Phi) is 6.27. The highest BCUT2D eigenvalue weighted by molar-refractivity contribution is 8.34. The lowest BCUT2D eigenvalue weighted by Crippen LogP contribution is -2.28. The van der Waals surface area contributed by atoms with Gasteiger partial charge in [-0.3, -0.25) is 4.79 Å². The van der Waals surface area contributed by atoms with Crippen molar-refractivity contribution in [2.75, 3.05) is 18.3 Å². The highest BCUT2D eigenvalue weighted by Gasteiger charge is 2.38. The molecule has 17 heavy (non-hydrogen) atoms. The van der Waals surface area contributed by atoms with Crippen LogP contribution in [-0.2, 0) is 0 Å². The van der Waals surface area contributed by atoms with Gasteiger partial charge in [0.1, 0.15) is 0 Å². The first kappa shape index (κ1) is 15.3. The Bertz CT molecular complexity index is 391. The van der Waals surface area contributed by atoms with Crippen LogP contribution < -0.4 is 0 Å². The minimum absolute atomic E-state index is 0.0925. The van der Waals surface area contributed by atoms with Crippen molar-refractivity contribution in [3.05, 3.63) is 34.9 Å². The minimum atomic E-state index is -0.486. The molecule has 1 aromatic carbocycles. The average Bonchev–Trinajstić information content (AvgIpc) is 2.36. The van der Waals surface area contributed by atoms with Crippen molar-refractivity contribution in [3.8, 4) is 0 Å². The molecule has 0 amide bonds. The Morgan fingerprint density at radius 3 is 2.35 bits per heavy atom. The van der Waals surface area contributed by atoms with Crippen LogP contribution in [-0.4, -0.2) is 27.5 Å². The van der Waals surface area contributed by atoms with Crippen molar-refractivity contribution in [1.82, 2.24) is 0 Å². The lowest BCUT2D eigenvalue weighted by Gasteiger charge is -2.27. The van der Waals surface area contributed by atoms with E-state index in [1.165, 1.54) is 0 Å².